The summed E-state index contributed by atoms with van der Waals surface area (Å²) in [4.78, 5) is 10.3. The fourth-order valence-electron chi connectivity index (χ4n) is 2.87. The van der Waals surface area contributed by atoms with Crippen molar-refractivity contribution in [3.05, 3.63) is 58.6 Å². The summed E-state index contributed by atoms with van der Waals surface area (Å²) in [6.45, 7) is 8.16. The molecule has 6 N–H and O–H groups in total. The number of benzene rings is 2. The van der Waals surface area contributed by atoms with E-state index in [4.69, 9.17) is 24.7 Å². The Kier molecular flexibility index (Phi) is 11.2. The van der Waals surface area contributed by atoms with E-state index in [0.29, 0.717) is 22.6 Å². The van der Waals surface area contributed by atoms with Gasteiger partial charge in [-0.1, -0.05) is 33.2 Å². The molecule has 0 atom stereocenters. The van der Waals surface area contributed by atoms with Crippen LogP contribution in [-0.4, -0.2) is 58.8 Å². The predicted molar refractivity (Wildman–Crippen MR) is 155 cm³/mol. The number of anilines is 1. The molecule has 1 fully saturated rings. The van der Waals surface area contributed by atoms with Crippen LogP contribution in [0.15, 0.2) is 57.4 Å². The van der Waals surface area contributed by atoms with Crippen molar-refractivity contribution >= 4 is 57.8 Å². The maximum Gasteiger partial charge on any atom is 0.494 e. The Labute approximate surface area is 236 Å². The van der Waals surface area contributed by atoms with Gasteiger partial charge in [0.05, 0.1) is 16.8 Å². The molecule has 3 aromatic rings. The van der Waals surface area contributed by atoms with Crippen LogP contribution < -0.4 is 27.4 Å². The van der Waals surface area contributed by atoms with E-state index in [2.05, 4.69) is 54.4 Å². The van der Waals surface area contributed by atoms with Gasteiger partial charge in [-0.25, -0.2) is 10.6 Å². The van der Waals surface area contributed by atoms with Gasteiger partial charge >= 0.3 is 19.1 Å². The maximum atomic E-state index is 10.3. The molecule has 0 unspecified atom stereocenters. The molecular weight excluding hydrogens is 575 g/mol. The molecule has 4 rings (SSSR count). The van der Waals surface area contributed by atoms with Crippen molar-refractivity contribution in [1.82, 2.24) is 20.9 Å². The molecule has 0 saturated carbocycles. The second-order valence-electron chi connectivity index (χ2n) is 8.91. The third-order valence-corrected chi connectivity index (χ3v) is 6.62. The van der Waals surface area contributed by atoms with Crippen LogP contribution in [0.25, 0.3) is 11.5 Å². The first kappa shape index (κ1) is 31.2. The van der Waals surface area contributed by atoms with Crippen molar-refractivity contribution in [2.24, 2.45) is 5.84 Å². The molecule has 204 valence electrons. The fourth-order valence-corrected chi connectivity index (χ4v) is 3.13. The molecule has 1 saturated heterocycles. The number of hydrogen-bond donors (Lipinski definition) is 5. The molecule has 0 bridgehead atoms. The molecule has 14 heteroatoms. The Morgan fingerprint density at radius 1 is 1.00 bits per heavy atom. The zero-order valence-corrected chi connectivity index (χ0v) is 24.4. The Hall–Kier alpha value is -3.04. The van der Waals surface area contributed by atoms with Gasteiger partial charge in [-0.2, -0.15) is 0 Å². The SMILES string of the molecule is CNC(=S)NN.CNc1nnc(-c2ccc(B3OC(C)(C)C(C)(C)O3)cc2)o1.O=C(O)c1ccc(Br)cc1. The quantitative estimate of drug-likeness (QED) is 0.128. The Morgan fingerprint density at radius 2 is 1.55 bits per heavy atom. The van der Waals surface area contributed by atoms with Gasteiger partial charge in [0.25, 0.3) is 0 Å². The highest BCUT2D eigenvalue weighted by molar-refractivity contribution is 9.10. The molecule has 1 aromatic heterocycles. The molecule has 11 nitrogen and oxygen atoms in total. The second kappa shape index (κ2) is 13.7. The van der Waals surface area contributed by atoms with Crippen molar-refractivity contribution in [2.75, 3.05) is 19.4 Å². The Bertz CT molecular complexity index is 1190. The largest absolute Gasteiger partial charge is 0.494 e. The zero-order valence-electron chi connectivity index (χ0n) is 22.0. The predicted octanol–water partition coefficient (Wildman–Crippen LogP) is 3.18. The van der Waals surface area contributed by atoms with Crippen LogP contribution in [0.5, 0.6) is 0 Å². The number of carboxylic acid groups (broad SMARTS) is 1. The van der Waals surface area contributed by atoms with Gasteiger partial charge in [0.1, 0.15) is 0 Å². The Morgan fingerprint density at radius 3 is 1.95 bits per heavy atom. The van der Waals surface area contributed by atoms with Crippen molar-refractivity contribution < 1.29 is 23.6 Å². The van der Waals surface area contributed by atoms with Gasteiger partial charge in [-0.3, -0.25) is 0 Å². The number of aromatic carboxylic acids is 1. The van der Waals surface area contributed by atoms with Gasteiger partial charge in [-0.15, -0.1) is 5.10 Å². The Balaban J connectivity index is 0.000000262. The molecule has 0 radical (unpaired) electrons. The summed E-state index contributed by atoms with van der Waals surface area (Å²) in [6.07, 6.45) is 0. The number of halogens is 1. The standard InChI is InChI=1S/C15H20BN3O3.C7H5BrO2.C2H7N3S/c1-14(2)15(3,4)22-16(21-14)11-8-6-10(7-9-11)12-18-19-13(17-5)20-12;8-6-3-1-5(2-4-6)7(9)10;1-4-2(6)5-3/h6-9H,1-5H3,(H,17,19);1-4H,(H,9,10);3H2,1H3,(H2,4,5,6). The summed E-state index contributed by atoms with van der Waals surface area (Å²) in [6, 6.07) is 14.7. The summed E-state index contributed by atoms with van der Waals surface area (Å²) >= 11 is 7.71. The minimum absolute atomic E-state index is 0.309. The first-order chi connectivity index (χ1) is 17.8. The van der Waals surface area contributed by atoms with E-state index in [1.807, 2.05) is 52.0 Å². The second-order valence-corrected chi connectivity index (χ2v) is 10.2. The van der Waals surface area contributed by atoms with Crippen LogP contribution in [0.1, 0.15) is 38.1 Å². The monoisotopic (exact) mass is 606 g/mol. The van der Waals surface area contributed by atoms with Crippen molar-refractivity contribution in [2.45, 2.75) is 38.9 Å². The van der Waals surface area contributed by atoms with Gasteiger partial charge in [0, 0.05) is 24.1 Å². The average Bonchev–Trinajstić information content (AvgIpc) is 3.46. The van der Waals surface area contributed by atoms with Crippen LogP contribution in [-0.2, 0) is 9.31 Å². The summed E-state index contributed by atoms with van der Waals surface area (Å²) in [5.41, 5.74) is 3.68. The van der Waals surface area contributed by atoms with Crippen LogP contribution in [0.4, 0.5) is 6.01 Å². The molecule has 38 heavy (non-hydrogen) atoms. The molecule has 1 aliphatic rings. The van der Waals surface area contributed by atoms with Gasteiger partial charge in [0.15, 0.2) is 5.11 Å². The number of carboxylic acids is 1. The lowest BCUT2D eigenvalue weighted by Gasteiger charge is -2.32. The highest BCUT2D eigenvalue weighted by Gasteiger charge is 2.51. The van der Waals surface area contributed by atoms with E-state index in [1.54, 1.807) is 38.4 Å². The number of hydrazine groups is 1. The van der Waals surface area contributed by atoms with Gasteiger partial charge in [0.2, 0.25) is 5.89 Å². The maximum absolute atomic E-state index is 10.3. The first-order valence-electron chi connectivity index (χ1n) is 11.5. The first-order valence-corrected chi connectivity index (χ1v) is 12.7. The van der Waals surface area contributed by atoms with E-state index in [0.717, 1.165) is 15.5 Å². The number of thiocarbonyl (C=S) groups is 1. The molecule has 0 amide bonds. The molecule has 1 aliphatic heterocycles. The van der Waals surface area contributed by atoms with Crippen LogP contribution in [0.2, 0.25) is 0 Å². The lowest BCUT2D eigenvalue weighted by Crippen LogP contribution is -2.41. The van der Waals surface area contributed by atoms with Crippen molar-refractivity contribution in [1.29, 1.82) is 0 Å². The zero-order chi connectivity index (χ0) is 28.5. The number of aromatic nitrogens is 2. The van der Waals surface area contributed by atoms with Crippen LogP contribution >= 0.6 is 28.1 Å². The topological polar surface area (TPSA) is 157 Å². The highest BCUT2D eigenvalue weighted by atomic mass is 79.9. The van der Waals surface area contributed by atoms with Crippen LogP contribution in [0, 0.1) is 0 Å². The molecule has 2 aromatic carbocycles. The minimum atomic E-state index is -0.896. The number of nitrogens with one attached hydrogen (secondary N) is 3. The number of hydrogen-bond acceptors (Lipinski definition) is 9. The van der Waals surface area contributed by atoms with E-state index in [1.165, 1.54) is 0 Å². The van der Waals surface area contributed by atoms with Gasteiger partial charge < -0.3 is 34.9 Å². The third kappa shape index (κ3) is 8.50. The normalized spacial score (nSPS) is 14.8. The minimum Gasteiger partial charge on any atom is -0.478 e. The summed E-state index contributed by atoms with van der Waals surface area (Å²) in [5.74, 6) is 4.41. The lowest BCUT2D eigenvalue weighted by molar-refractivity contribution is 0.00578. The average molecular weight is 607 g/mol. The van der Waals surface area contributed by atoms with E-state index < -0.39 is 5.97 Å². The smallest absolute Gasteiger partial charge is 0.478 e. The summed E-state index contributed by atoms with van der Waals surface area (Å²) < 4.78 is 18.4. The fraction of sp³-hybridized carbons (Fsp3) is 0.333. The van der Waals surface area contributed by atoms with Crippen LogP contribution in [0.3, 0.4) is 0 Å². The highest BCUT2D eigenvalue weighted by Crippen LogP contribution is 2.36. The molecule has 0 spiro atoms. The van der Waals surface area contributed by atoms with E-state index in [9.17, 15) is 4.79 Å². The lowest BCUT2D eigenvalue weighted by atomic mass is 9.79. The molecular formula is C24H32BBrN6O5S. The van der Waals surface area contributed by atoms with Gasteiger partial charge in [-0.05, 0) is 81.8 Å². The number of nitrogens with zero attached hydrogens (tertiary/aromatic N) is 2. The summed E-state index contributed by atoms with van der Waals surface area (Å²) in [5, 5.41) is 22.2. The molecule has 2 heterocycles. The summed E-state index contributed by atoms with van der Waals surface area (Å²) in [7, 11) is 3.07. The van der Waals surface area contributed by atoms with E-state index >= 15 is 0 Å². The molecule has 0 aliphatic carbocycles. The van der Waals surface area contributed by atoms with E-state index in [-0.39, 0.29) is 18.3 Å². The number of nitrogens with two attached hydrogens (primary N) is 1. The third-order valence-electron chi connectivity index (χ3n) is 5.77. The number of rotatable bonds is 4. The number of carbonyl (C=O) groups is 1. The van der Waals surface area contributed by atoms with Crippen molar-refractivity contribution in [3.63, 3.8) is 0 Å². The van der Waals surface area contributed by atoms with Crippen molar-refractivity contribution in [3.8, 4) is 11.5 Å².